The van der Waals surface area contributed by atoms with Crippen molar-refractivity contribution in [3.8, 4) is 0 Å². The minimum atomic E-state index is -4.27. The summed E-state index contributed by atoms with van der Waals surface area (Å²) in [5, 5.41) is 0. The van der Waals surface area contributed by atoms with Crippen LogP contribution in [-0.4, -0.2) is 25.9 Å². The molecule has 2 aromatic carbocycles. The molecular formula is C14H18N2O6PdS2-2. The van der Waals surface area contributed by atoms with E-state index in [-0.39, 0.29) is 42.5 Å². The largest absolute Gasteiger partial charge is 2.00 e. The normalized spacial score (nSPS) is 10.1. The van der Waals surface area contributed by atoms with E-state index < -0.39 is 20.2 Å². The van der Waals surface area contributed by atoms with Crippen LogP contribution in [0.25, 0.3) is 12.3 Å². The van der Waals surface area contributed by atoms with E-state index in [0.29, 0.717) is 0 Å². The predicted molar refractivity (Wildman–Crippen MR) is 88.9 cm³/mol. The van der Waals surface area contributed by atoms with Gasteiger partial charge in [0.2, 0.25) is 0 Å². The van der Waals surface area contributed by atoms with Crippen LogP contribution in [0, 0.1) is 13.8 Å². The molecule has 0 unspecified atom stereocenters. The monoisotopic (exact) mass is 480 g/mol. The summed E-state index contributed by atoms with van der Waals surface area (Å²) in [5.41, 5.74) is 1.86. The summed E-state index contributed by atoms with van der Waals surface area (Å²) in [6, 6.07) is 11.6. The van der Waals surface area contributed by atoms with Crippen molar-refractivity contribution in [2.75, 3.05) is 0 Å². The molecule has 0 bridgehead atoms. The van der Waals surface area contributed by atoms with Gasteiger partial charge in [0.05, 0.1) is 9.79 Å². The Bertz CT molecular complexity index is 762. The second kappa shape index (κ2) is 11.5. The Labute approximate surface area is 162 Å². The molecule has 2 rings (SSSR count). The predicted octanol–water partition coefficient (Wildman–Crippen LogP) is 3.23. The second-order valence-corrected chi connectivity index (χ2v) is 7.29. The van der Waals surface area contributed by atoms with Crippen LogP contribution in [0.2, 0.25) is 0 Å². The van der Waals surface area contributed by atoms with Gasteiger partial charge in [-0.2, -0.15) is 0 Å². The van der Waals surface area contributed by atoms with E-state index in [0.717, 1.165) is 11.1 Å². The second-order valence-electron chi connectivity index (χ2n) is 4.53. The number of rotatable bonds is 2. The Morgan fingerprint density at radius 2 is 0.800 bits per heavy atom. The molecule has 0 radical (unpaired) electrons. The average molecular weight is 481 g/mol. The molecule has 0 saturated carbocycles. The smallest absolute Gasteiger partial charge is 0.744 e. The van der Waals surface area contributed by atoms with E-state index in [1.54, 1.807) is 24.3 Å². The standard InChI is InChI=1S/2C7H8O3S.2H2N.Pd/c2*1-6-2-4-7(5-3-6)11(8,9)10;;;/h2*2-5H,1H3,(H,8,9,10);2*1H2;/q;;2*-1;+2/p-2. The molecule has 0 aliphatic rings. The van der Waals surface area contributed by atoms with E-state index in [2.05, 4.69) is 0 Å². The molecule has 0 atom stereocenters. The van der Waals surface area contributed by atoms with Crippen molar-refractivity contribution in [1.82, 2.24) is 0 Å². The van der Waals surface area contributed by atoms with Crippen LogP contribution < -0.4 is 0 Å². The van der Waals surface area contributed by atoms with Crippen LogP contribution in [0.1, 0.15) is 11.1 Å². The Kier molecular flexibility index (Phi) is 13.1. The van der Waals surface area contributed by atoms with Crippen LogP contribution in [0.15, 0.2) is 58.3 Å². The summed E-state index contributed by atoms with van der Waals surface area (Å²) in [5.74, 6) is 0. The maximum absolute atomic E-state index is 10.4. The summed E-state index contributed by atoms with van der Waals surface area (Å²) in [6.07, 6.45) is 0. The van der Waals surface area contributed by atoms with Crippen LogP contribution in [0.3, 0.4) is 0 Å². The summed E-state index contributed by atoms with van der Waals surface area (Å²) >= 11 is 0. The van der Waals surface area contributed by atoms with Crippen molar-refractivity contribution in [3.05, 3.63) is 72.0 Å². The number of nitrogens with two attached hydrogens (primary N) is 2. The Hall–Kier alpha value is -1.16. The van der Waals surface area contributed by atoms with E-state index in [9.17, 15) is 25.9 Å². The summed E-state index contributed by atoms with van der Waals surface area (Å²) in [7, 11) is -8.54. The zero-order valence-corrected chi connectivity index (χ0v) is 16.5. The molecule has 0 fully saturated rings. The van der Waals surface area contributed by atoms with Crippen molar-refractivity contribution in [2.45, 2.75) is 23.6 Å². The van der Waals surface area contributed by atoms with E-state index in [1.807, 2.05) is 13.8 Å². The molecular weight excluding hydrogens is 463 g/mol. The average Bonchev–Trinajstić information content (AvgIpc) is 2.38. The zero-order chi connectivity index (χ0) is 17.0. The van der Waals surface area contributed by atoms with Crippen LogP contribution in [0.4, 0.5) is 0 Å². The van der Waals surface area contributed by atoms with Gasteiger partial charge < -0.3 is 21.4 Å². The van der Waals surface area contributed by atoms with Gasteiger partial charge in [-0.05, 0) is 38.1 Å². The maximum atomic E-state index is 10.4. The van der Waals surface area contributed by atoms with Crippen molar-refractivity contribution >= 4 is 20.2 Å². The van der Waals surface area contributed by atoms with Gasteiger partial charge in [-0.3, -0.25) is 0 Å². The molecule has 8 nitrogen and oxygen atoms in total. The van der Waals surface area contributed by atoms with Gasteiger partial charge in [-0.1, -0.05) is 35.4 Å². The van der Waals surface area contributed by atoms with Crippen molar-refractivity contribution in [2.24, 2.45) is 0 Å². The fraction of sp³-hybridized carbons (Fsp3) is 0.143. The van der Waals surface area contributed by atoms with Gasteiger partial charge in [0.25, 0.3) is 0 Å². The molecule has 0 aliphatic carbocycles. The van der Waals surface area contributed by atoms with Crippen LogP contribution in [0.5, 0.6) is 0 Å². The van der Waals surface area contributed by atoms with Crippen molar-refractivity contribution in [1.29, 1.82) is 0 Å². The van der Waals surface area contributed by atoms with E-state index in [4.69, 9.17) is 0 Å². The van der Waals surface area contributed by atoms with Gasteiger partial charge in [-0.15, -0.1) is 0 Å². The van der Waals surface area contributed by atoms with E-state index >= 15 is 0 Å². The Balaban J connectivity index is -0.000000346. The molecule has 25 heavy (non-hydrogen) atoms. The van der Waals surface area contributed by atoms with Gasteiger partial charge in [0.1, 0.15) is 20.2 Å². The topological polar surface area (TPSA) is 181 Å². The fourth-order valence-corrected chi connectivity index (χ4v) is 2.35. The van der Waals surface area contributed by atoms with Gasteiger partial charge in [-0.25, -0.2) is 16.8 Å². The molecule has 0 aromatic heterocycles. The molecule has 144 valence electrons. The number of hydrogen-bond acceptors (Lipinski definition) is 6. The first-order valence-corrected chi connectivity index (χ1v) is 8.87. The molecule has 0 saturated heterocycles. The first-order chi connectivity index (χ1) is 10.00. The molecule has 0 aliphatic heterocycles. The summed E-state index contributed by atoms with van der Waals surface area (Å²) < 4.78 is 62.3. The number of hydrogen-bond donors (Lipinski definition) is 0. The fourth-order valence-electron chi connectivity index (χ4n) is 1.41. The quantitative estimate of drug-likeness (QED) is 0.469. The third-order valence-corrected chi connectivity index (χ3v) is 4.32. The zero-order valence-electron chi connectivity index (χ0n) is 13.4. The Morgan fingerprint density at radius 1 is 0.600 bits per heavy atom. The Morgan fingerprint density at radius 3 is 0.960 bits per heavy atom. The molecule has 0 spiro atoms. The van der Waals surface area contributed by atoms with Crippen LogP contribution in [-0.2, 0) is 40.7 Å². The van der Waals surface area contributed by atoms with Crippen LogP contribution >= 0.6 is 0 Å². The number of aryl methyl sites for hydroxylation is 2. The molecule has 0 amide bonds. The van der Waals surface area contributed by atoms with E-state index in [1.165, 1.54) is 24.3 Å². The van der Waals surface area contributed by atoms with Gasteiger partial charge >= 0.3 is 20.4 Å². The minimum Gasteiger partial charge on any atom is -0.744 e. The minimum absolute atomic E-state index is 0. The molecule has 2 aromatic rings. The van der Waals surface area contributed by atoms with Gasteiger partial charge in [0.15, 0.2) is 0 Å². The molecule has 4 N–H and O–H groups in total. The third-order valence-electron chi connectivity index (χ3n) is 2.62. The number of benzene rings is 2. The van der Waals surface area contributed by atoms with Gasteiger partial charge in [0, 0.05) is 0 Å². The summed E-state index contributed by atoms with van der Waals surface area (Å²) in [6.45, 7) is 3.64. The van der Waals surface area contributed by atoms with Crippen molar-refractivity contribution in [3.63, 3.8) is 0 Å². The van der Waals surface area contributed by atoms with Crippen molar-refractivity contribution < 1.29 is 46.4 Å². The first kappa shape index (κ1) is 28.6. The molecule has 11 heteroatoms. The SMILES string of the molecule is Cc1ccc(S(=O)(=O)[O-])cc1.Cc1ccc(S(=O)(=O)[O-])cc1.[NH2-].[NH2-].[Pd+2]. The summed E-state index contributed by atoms with van der Waals surface area (Å²) in [4.78, 5) is -0.355. The molecule has 0 heterocycles. The maximum Gasteiger partial charge on any atom is 2.00 e. The third kappa shape index (κ3) is 10.4. The first-order valence-electron chi connectivity index (χ1n) is 6.05.